The van der Waals surface area contributed by atoms with Crippen molar-refractivity contribution in [1.29, 1.82) is 0 Å². The Morgan fingerprint density at radius 2 is 1.74 bits per heavy atom. The number of rotatable bonds is 6. The number of aromatic nitrogens is 5. The van der Waals surface area contributed by atoms with Crippen LogP contribution in [0.1, 0.15) is 19.9 Å². The lowest BCUT2D eigenvalue weighted by Gasteiger charge is -2.36. The number of nitrogens with two attached hydrogens (primary N) is 1. The van der Waals surface area contributed by atoms with Gasteiger partial charge in [-0.3, -0.25) is 4.68 Å². The second-order valence-electron chi connectivity index (χ2n) is 8.54. The largest absolute Gasteiger partial charge is 0.382 e. The normalized spacial score (nSPS) is 14.2. The molecule has 1 aromatic carbocycles. The molecule has 1 saturated heterocycles. The van der Waals surface area contributed by atoms with Crippen LogP contribution >= 0.6 is 11.8 Å². The summed E-state index contributed by atoms with van der Waals surface area (Å²) < 4.78 is 1.95. The van der Waals surface area contributed by atoms with Crippen molar-refractivity contribution in [1.82, 2.24) is 24.7 Å². The summed E-state index contributed by atoms with van der Waals surface area (Å²) in [6, 6.07) is 14.4. The van der Waals surface area contributed by atoms with Gasteiger partial charge in [0.05, 0.1) is 5.52 Å². The molecule has 0 amide bonds. The molecule has 5 rings (SSSR count). The van der Waals surface area contributed by atoms with E-state index in [-0.39, 0.29) is 6.04 Å². The summed E-state index contributed by atoms with van der Waals surface area (Å²) in [4.78, 5) is 18.5. The molecule has 0 bridgehead atoms. The fourth-order valence-corrected chi connectivity index (χ4v) is 4.59. The molecule has 0 aliphatic carbocycles. The predicted octanol–water partition coefficient (Wildman–Crippen LogP) is 4.18. The maximum absolute atomic E-state index is 6.19. The van der Waals surface area contributed by atoms with Crippen molar-refractivity contribution < 1.29 is 0 Å². The first-order chi connectivity index (χ1) is 16.5. The van der Waals surface area contributed by atoms with Crippen LogP contribution in [0.25, 0.3) is 10.9 Å². The molecule has 34 heavy (non-hydrogen) atoms. The van der Waals surface area contributed by atoms with Gasteiger partial charge < -0.3 is 20.9 Å². The smallest absolute Gasteiger partial charge is 0.191 e. The third-order valence-corrected chi connectivity index (χ3v) is 6.50. The van der Waals surface area contributed by atoms with Gasteiger partial charge in [0, 0.05) is 55.6 Å². The first kappa shape index (κ1) is 22.3. The molecule has 0 saturated carbocycles. The number of benzene rings is 1. The Kier molecular flexibility index (Phi) is 6.14. The van der Waals surface area contributed by atoms with E-state index in [9.17, 15) is 0 Å². The predicted molar refractivity (Wildman–Crippen MR) is 140 cm³/mol. The molecule has 9 nitrogen and oxygen atoms in total. The lowest BCUT2D eigenvalue weighted by atomic mass is 10.2. The number of anilines is 5. The van der Waals surface area contributed by atoms with Gasteiger partial charge in [0.25, 0.3) is 0 Å². The number of nitrogen functional groups attached to an aromatic ring is 1. The Morgan fingerprint density at radius 3 is 2.41 bits per heavy atom. The Bertz CT molecular complexity index is 1280. The van der Waals surface area contributed by atoms with Crippen LogP contribution in [-0.4, -0.2) is 57.2 Å². The molecular weight excluding hydrogens is 446 g/mol. The number of pyridine rings is 1. The molecule has 3 N–H and O–H groups in total. The van der Waals surface area contributed by atoms with Gasteiger partial charge in [-0.05, 0) is 50.4 Å². The van der Waals surface area contributed by atoms with Gasteiger partial charge in [-0.25, -0.2) is 15.0 Å². The van der Waals surface area contributed by atoms with Gasteiger partial charge in [0.2, 0.25) is 0 Å². The first-order valence-electron chi connectivity index (χ1n) is 11.4. The monoisotopic (exact) mass is 475 g/mol. The highest BCUT2D eigenvalue weighted by Gasteiger charge is 2.20. The minimum atomic E-state index is 0.241. The zero-order valence-corrected chi connectivity index (χ0v) is 20.5. The Morgan fingerprint density at radius 1 is 0.971 bits per heavy atom. The molecule has 1 aliphatic rings. The number of hydrogen-bond acceptors (Lipinski definition) is 9. The average Bonchev–Trinajstić information content (AvgIpc) is 3.20. The zero-order valence-electron chi connectivity index (χ0n) is 19.6. The standard InChI is InChI=1S/C24H29N9S/c1-16(2)33-19-8-7-17(14-18(19)23(25)30-33)27-20-15-22(29-24(28-20)34-3)32-12-10-31(11-13-32)21-6-4-5-9-26-21/h4-9,14-16H,10-13H2,1-3H3,(H2,25,30)(H,27,28,29). The van der Waals surface area contributed by atoms with Crippen molar-refractivity contribution in [3.8, 4) is 0 Å². The van der Waals surface area contributed by atoms with E-state index in [1.165, 1.54) is 11.8 Å². The molecule has 3 aromatic heterocycles. The van der Waals surface area contributed by atoms with Crippen LogP contribution in [0.5, 0.6) is 0 Å². The van der Waals surface area contributed by atoms with Gasteiger partial charge >= 0.3 is 0 Å². The molecule has 1 aliphatic heterocycles. The second kappa shape index (κ2) is 9.38. The van der Waals surface area contributed by atoms with Gasteiger partial charge in [-0.2, -0.15) is 5.10 Å². The SMILES string of the molecule is CSc1nc(Nc2ccc3c(c2)c(N)nn3C(C)C)cc(N2CCN(c3ccccn3)CC2)n1. The van der Waals surface area contributed by atoms with Crippen LogP contribution in [0.4, 0.5) is 29.0 Å². The highest BCUT2D eigenvalue weighted by atomic mass is 32.2. The first-order valence-corrected chi connectivity index (χ1v) is 12.6. The second-order valence-corrected chi connectivity index (χ2v) is 9.31. The van der Waals surface area contributed by atoms with Crippen molar-refractivity contribution in [2.75, 3.05) is 53.3 Å². The highest BCUT2D eigenvalue weighted by Crippen LogP contribution is 2.29. The van der Waals surface area contributed by atoms with Crippen molar-refractivity contribution in [3.63, 3.8) is 0 Å². The molecule has 0 radical (unpaired) electrons. The maximum Gasteiger partial charge on any atom is 0.191 e. The van der Waals surface area contributed by atoms with E-state index in [1.54, 1.807) is 0 Å². The van der Waals surface area contributed by atoms with Crippen molar-refractivity contribution in [2.24, 2.45) is 0 Å². The summed E-state index contributed by atoms with van der Waals surface area (Å²) in [6.45, 7) is 7.74. The van der Waals surface area contributed by atoms with Gasteiger partial charge in [-0.15, -0.1) is 0 Å². The minimum absolute atomic E-state index is 0.241. The van der Waals surface area contributed by atoms with Crippen molar-refractivity contribution in [2.45, 2.75) is 25.0 Å². The topological polar surface area (TPSA) is 101 Å². The molecule has 4 heterocycles. The molecule has 10 heteroatoms. The van der Waals surface area contributed by atoms with Gasteiger partial charge in [0.1, 0.15) is 17.5 Å². The fraction of sp³-hybridized carbons (Fsp3) is 0.333. The number of hydrogen-bond donors (Lipinski definition) is 2. The van der Waals surface area contributed by atoms with E-state index in [2.05, 4.69) is 56.2 Å². The summed E-state index contributed by atoms with van der Waals surface area (Å²) in [5, 5.41) is 9.61. The van der Waals surface area contributed by atoms with Crippen LogP contribution < -0.4 is 20.9 Å². The van der Waals surface area contributed by atoms with E-state index in [0.29, 0.717) is 5.82 Å². The summed E-state index contributed by atoms with van der Waals surface area (Å²) in [6.07, 6.45) is 3.84. The third-order valence-electron chi connectivity index (χ3n) is 5.95. The molecule has 0 atom stereocenters. The van der Waals surface area contributed by atoms with Crippen molar-refractivity contribution >= 4 is 51.6 Å². The molecule has 176 valence electrons. The van der Waals surface area contributed by atoms with E-state index in [4.69, 9.17) is 10.7 Å². The van der Waals surface area contributed by atoms with E-state index >= 15 is 0 Å². The molecule has 0 unspecified atom stereocenters. The van der Waals surface area contributed by atoms with E-state index in [1.807, 2.05) is 47.5 Å². The van der Waals surface area contributed by atoms with E-state index in [0.717, 1.165) is 65.4 Å². The lowest BCUT2D eigenvalue weighted by molar-refractivity contribution is 0.553. The van der Waals surface area contributed by atoms with Crippen LogP contribution in [0.2, 0.25) is 0 Å². The minimum Gasteiger partial charge on any atom is -0.382 e. The average molecular weight is 476 g/mol. The van der Waals surface area contributed by atoms with Crippen LogP contribution in [0.15, 0.2) is 53.8 Å². The van der Waals surface area contributed by atoms with Crippen LogP contribution in [0, 0.1) is 0 Å². The molecule has 0 spiro atoms. The summed E-state index contributed by atoms with van der Waals surface area (Å²) in [7, 11) is 0. The summed E-state index contributed by atoms with van der Waals surface area (Å²) in [5.41, 5.74) is 8.13. The van der Waals surface area contributed by atoms with Gasteiger partial charge in [0.15, 0.2) is 11.0 Å². The van der Waals surface area contributed by atoms with Gasteiger partial charge in [-0.1, -0.05) is 17.8 Å². The fourth-order valence-electron chi connectivity index (χ4n) is 4.22. The zero-order chi connectivity index (χ0) is 23.7. The molecule has 1 fully saturated rings. The lowest BCUT2D eigenvalue weighted by Crippen LogP contribution is -2.47. The number of nitrogens with one attached hydrogen (secondary N) is 1. The quantitative estimate of drug-likeness (QED) is 0.314. The van der Waals surface area contributed by atoms with Crippen LogP contribution in [0.3, 0.4) is 0 Å². The number of nitrogens with zero attached hydrogens (tertiary/aromatic N) is 7. The Labute approximate surface area is 203 Å². The summed E-state index contributed by atoms with van der Waals surface area (Å²) in [5.74, 6) is 3.24. The Hall–Kier alpha value is -3.53. The molecule has 4 aromatic rings. The van der Waals surface area contributed by atoms with Crippen molar-refractivity contribution in [3.05, 3.63) is 48.7 Å². The highest BCUT2D eigenvalue weighted by molar-refractivity contribution is 7.98. The number of fused-ring (bicyclic) bond motifs is 1. The number of piperazine rings is 1. The third kappa shape index (κ3) is 4.45. The Balaban J connectivity index is 1.36. The van der Waals surface area contributed by atoms with E-state index < -0.39 is 0 Å². The molecular formula is C24H29N9S. The maximum atomic E-state index is 6.19. The van der Waals surface area contributed by atoms with Crippen LogP contribution in [-0.2, 0) is 0 Å². The number of thioether (sulfide) groups is 1. The summed E-state index contributed by atoms with van der Waals surface area (Å²) >= 11 is 1.54.